The van der Waals surface area contributed by atoms with Gasteiger partial charge in [0.15, 0.2) is 5.44 Å². The van der Waals surface area contributed by atoms with Gasteiger partial charge in [-0.2, -0.15) is 0 Å². The van der Waals surface area contributed by atoms with Gasteiger partial charge in [0.05, 0.1) is 4.90 Å². The van der Waals surface area contributed by atoms with E-state index in [2.05, 4.69) is 0 Å². The van der Waals surface area contributed by atoms with Crippen molar-refractivity contribution in [3.05, 3.63) is 65.7 Å². The highest BCUT2D eigenvalue weighted by Gasteiger charge is 2.50. The van der Waals surface area contributed by atoms with Crippen LogP contribution in [0.4, 0.5) is 0 Å². The van der Waals surface area contributed by atoms with Crippen LogP contribution in [0.3, 0.4) is 0 Å². The minimum atomic E-state index is -3.40. The van der Waals surface area contributed by atoms with E-state index in [4.69, 9.17) is 4.74 Å². The summed E-state index contributed by atoms with van der Waals surface area (Å²) in [5.74, 6) is 0. The molecule has 0 spiro atoms. The molecule has 0 aromatic heterocycles. The van der Waals surface area contributed by atoms with Crippen LogP contribution in [0, 0.1) is 6.92 Å². The van der Waals surface area contributed by atoms with E-state index in [1.54, 1.807) is 24.3 Å². The maximum Gasteiger partial charge on any atom is 0.208 e. The van der Waals surface area contributed by atoms with Crippen molar-refractivity contribution in [3.63, 3.8) is 0 Å². The summed E-state index contributed by atoms with van der Waals surface area (Å²) in [5, 5.41) is 0. The molecule has 2 aromatic carbocycles. The molecule has 0 amide bonds. The van der Waals surface area contributed by atoms with Gasteiger partial charge < -0.3 is 4.74 Å². The molecule has 2 aromatic rings. The number of rotatable bonds is 3. The number of epoxide rings is 1. The minimum Gasteiger partial charge on any atom is -0.347 e. The smallest absolute Gasteiger partial charge is 0.208 e. The molecule has 0 radical (unpaired) electrons. The first-order valence-corrected chi connectivity index (χ1v) is 7.64. The zero-order chi connectivity index (χ0) is 13.5. The monoisotopic (exact) mass is 274 g/mol. The van der Waals surface area contributed by atoms with E-state index in [9.17, 15) is 8.42 Å². The number of benzene rings is 2. The molecular weight excluding hydrogens is 260 g/mol. The highest BCUT2D eigenvalue weighted by molar-refractivity contribution is 7.92. The first-order valence-electron chi connectivity index (χ1n) is 6.10. The Balaban J connectivity index is 1.86. The van der Waals surface area contributed by atoms with Gasteiger partial charge in [-0.3, -0.25) is 0 Å². The lowest BCUT2D eigenvalue weighted by Gasteiger charge is -2.01. The van der Waals surface area contributed by atoms with Gasteiger partial charge in [0, 0.05) is 0 Å². The quantitative estimate of drug-likeness (QED) is 0.808. The molecule has 2 atom stereocenters. The van der Waals surface area contributed by atoms with Gasteiger partial charge >= 0.3 is 0 Å². The van der Waals surface area contributed by atoms with Gasteiger partial charge in [0.25, 0.3) is 0 Å². The molecule has 0 aliphatic carbocycles. The lowest BCUT2D eigenvalue weighted by atomic mass is 10.2. The molecule has 1 saturated heterocycles. The van der Waals surface area contributed by atoms with Crippen LogP contribution in [0.5, 0.6) is 0 Å². The van der Waals surface area contributed by atoms with E-state index in [-0.39, 0.29) is 6.10 Å². The molecule has 0 saturated carbocycles. The molecule has 1 fully saturated rings. The lowest BCUT2D eigenvalue weighted by Crippen LogP contribution is -2.09. The fourth-order valence-corrected chi connectivity index (χ4v) is 3.61. The van der Waals surface area contributed by atoms with Crippen LogP contribution in [0.1, 0.15) is 17.2 Å². The standard InChI is InChI=1S/C15H14O3S/c1-11-7-9-13(10-8-11)19(16,17)15-14(18-15)12-5-3-2-4-6-12/h2-10,14-15H,1H3/t14-,15-/m1/s1. The van der Waals surface area contributed by atoms with Gasteiger partial charge in [0.1, 0.15) is 6.10 Å². The third-order valence-corrected chi connectivity index (χ3v) is 5.13. The van der Waals surface area contributed by atoms with Crippen LogP contribution in [0.25, 0.3) is 0 Å². The minimum absolute atomic E-state index is 0.321. The number of hydrogen-bond donors (Lipinski definition) is 0. The first kappa shape index (κ1) is 12.4. The van der Waals surface area contributed by atoms with E-state index in [0.29, 0.717) is 4.90 Å². The maximum atomic E-state index is 12.4. The molecule has 0 bridgehead atoms. The Hall–Kier alpha value is -1.65. The molecule has 3 nitrogen and oxygen atoms in total. The Morgan fingerprint density at radius 2 is 1.58 bits per heavy atom. The number of aryl methyl sites for hydroxylation is 1. The summed E-state index contributed by atoms with van der Waals surface area (Å²) in [6, 6.07) is 16.3. The summed E-state index contributed by atoms with van der Waals surface area (Å²) >= 11 is 0. The predicted octanol–water partition coefficient (Wildman–Crippen LogP) is 2.87. The average molecular weight is 274 g/mol. The Morgan fingerprint density at radius 1 is 0.947 bits per heavy atom. The molecule has 98 valence electrons. The third kappa shape index (κ3) is 2.29. The Morgan fingerprint density at radius 3 is 2.21 bits per heavy atom. The highest BCUT2D eigenvalue weighted by atomic mass is 32.2. The first-order chi connectivity index (χ1) is 9.09. The van der Waals surface area contributed by atoms with Crippen molar-refractivity contribution in [2.45, 2.75) is 23.4 Å². The summed E-state index contributed by atoms with van der Waals surface area (Å²) in [6.45, 7) is 1.93. The maximum absolute atomic E-state index is 12.4. The Labute approximate surface area is 112 Å². The van der Waals surface area contributed by atoms with Crippen LogP contribution in [0.2, 0.25) is 0 Å². The molecule has 1 aliphatic heterocycles. The van der Waals surface area contributed by atoms with E-state index in [1.807, 2.05) is 37.3 Å². The fourth-order valence-electron chi connectivity index (χ4n) is 2.08. The van der Waals surface area contributed by atoms with Gasteiger partial charge in [-0.1, -0.05) is 48.0 Å². The van der Waals surface area contributed by atoms with Crippen LogP contribution < -0.4 is 0 Å². The number of hydrogen-bond acceptors (Lipinski definition) is 3. The molecule has 19 heavy (non-hydrogen) atoms. The summed E-state index contributed by atoms with van der Waals surface area (Å²) < 4.78 is 30.1. The normalized spacial score (nSPS) is 22.2. The predicted molar refractivity (Wildman–Crippen MR) is 72.4 cm³/mol. The van der Waals surface area contributed by atoms with Crippen molar-refractivity contribution >= 4 is 9.84 Å². The summed E-state index contributed by atoms with van der Waals surface area (Å²) in [7, 11) is -3.40. The van der Waals surface area contributed by atoms with Crippen LogP contribution in [-0.2, 0) is 14.6 Å². The van der Waals surface area contributed by atoms with Gasteiger partial charge in [-0.25, -0.2) is 8.42 Å². The molecule has 3 rings (SSSR count). The van der Waals surface area contributed by atoms with Gasteiger partial charge in [0.2, 0.25) is 9.84 Å². The highest BCUT2D eigenvalue weighted by Crippen LogP contribution is 2.44. The van der Waals surface area contributed by atoms with Crippen molar-refractivity contribution in [2.75, 3.05) is 0 Å². The summed E-state index contributed by atoms with van der Waals surface area (Å²) in [6.07, 6.45) is -0.340. The second-order valence-electron chi connectivity index (χ2n) is 4.69. The largest absolute Gasteiger partial charge is 0.347 e. The molecule has 0 unspecified atom stereocenters. The number of ether oxygens (including phenoxy) is 1. The van der Waals surface area contributed by atoms with Crippen molar-refractivity contribution < 1.29 is 13.2 Å². The summed E-state index contributed by atoms with van der Waals surface area (Å²) in [4.78, 5) is 0.321. The second kappa shape index (κ2) is 4.47. The fraction of sp³-hybridized carbons (Fsp3) is 0.200. The molecule has 0 N–H and O–H groups in total. The molecular formula is C15H14O3S. The van der Waals surface area contributed by atoms with E-state index in [1.165, 1.54) is 0 Å². The van der Waals surface area contributed by atoms with Gasteiger partial charge in [-0.15, -0.1) is 0 Å². The molecule has 4 heteroatoms. The number of sulfone groups is 1. The zero-order valence-electron chi connectivity index (χ0n) is 10.5. The van der Waals surface area contributed by atoms with E-state index in [0.717, 1.165) is 11.1 Å². The second-order valence-corrected chi connectivity index (χ2v) is 6.72. The Bertz CT molecular complexity index is 675. The van der Waals surface area contributed by atoms with Gasteiger partial charge in [-0.05, 0) is 24.6 Å². The van der Waals surface area contributed by atoms with Crippen molar-refractivity contribution in [3.8, 4) is 0 Å². The molecule has 1 heterocycles. The van der Waals surface area contributed by atoms with E-state index < -0.39 is 15.3 Å². The zero-order valence-corrected chi connectivity index (χ0v) is 11.3. The summed E-state index contributed by atoms with van der Waals surface area (Å²) in [5.41, 5.74) is 1.19. The van der Waals surface area contributed by atoms with Crippen LogP contribution in [-0.4, -0.2) is 13.9 Å². The van der Waals surface area contributed by atoms with E-state index >= 15 is 0 Å². The molecule has 1 aliphatic rings. The van der Waals surface area contributed by atoms with Crippen LogP contribution in [0.15, 0.2) is 59.5 Å². The van der Waals surface area contributed by atoms with Crippen molar-refractivity contribution in [1.29, 1.82) is 0 Å². The Kier molecular flexibility index (Phi) is 2.92. The third-order valence-electron chi connectivity index (χ3n) is 3.23. The van der Waals surface area contributed by atoms with Crippen molar-refractivity contribution in [2.24, 2.45) is 0 Å². The SMILES string of the molecule is Cc1ccc(S(=O)(=O)[C@H]2O[C@@H]2c2ccccc2)cc1. The average Bonchev–Trinajstić information content (AvgIpc) is 3.21. The lowest BCUT2D eigenvalue weighted by molar-refractivity contribution is 0.399. The van der Waals surface area contributed by atoms with Crippen LogP contribution >= 0.6 is 0 Å². The topological polar surface area (TPSA) is 46.7 Å². The van der Waals surface area contributed by atoms with Crippen molar-refractivity contribution in [1.82, 2.24) is 0 Å².